The lowest BCUT2D eigenvalue weighted by Gasteiger charge is -2.26. The number of aliphatic hydroxyl groups is 2. The van der Waals surface area contributed by atoms with Gasteiger partial charge in [-0.2, -0.15) is 4.89 Å². The highest BCUT2D eigenvalue weighted by atomic mass is 31.2. The fraction of sp³-hybridized carbons (Fsp3) is 0.550. The maximum absolute atomic E-state index is 13.1. The second-order valence-electron chi connectivity index (χ2n) is 9.85. The molecule has 2 fully saturated rings. The maximum atomic E-state index is 13.1. The number of nitrogens with two attached hydrogens (primary N) is 3. The molecule has 3 aromatic rings. The van der Waals surface area contributed by atoms with Crippen molar-refractivity contribution in [2.45, 2.75) is 55.7 Å². The highest BCUT2D eigenvalue weighted by molar-refractivity contribution is 7.47. The van der Waals surface area contributed by atoms with E-state index in [0.717, 1.165) is 0 Å². The maximum Gasteiger partial charge on any atom is 0.534 e. The number of nitrogens with one attached hydrogen (secondary N) is 1. The molecule has 22 nitrogen and oxygen atoms in total. The number of nitrogen functional groups attached to an aromatic ring is 1. The molecule has 10 atom stereocenters. The van der Waals surface area contributed by atoms with E-state index >= 15 is 0 Å². The zero-order valence-corrected chi connectivity index (χ0v) is 24.2. The second-order valence-corrected chi connectivity index (χ2v) is 12.2. The zero-order valence-electron chi connectivity index (χ0n) is 22.4. The van der Waals surface area contributed by atoms with Gasteiger partial charge in [-0.05, 0) is 4.57 Å². The number of phosphoric ester groups is 1. The third-order valence-electron chi connectivity index (χ3n) is 6.98. The Labute approximate surface area is 247 Å². The smallest absolute Gasteiger partial charge is 0.390 e. The first-order valence-corrected chi connectivity index (χ1v) is 15.7. The monoisotopic (exact) mass is 660 g/mol. The Morgan fingerprint density at radius 2 is 1.93 bits per heavy atom. The van der Waals surface area contributed by atoms with Gasteiger partial charge in [0, 0.05) is 6.42 Å². The van der Waals surface area contributed by atoms with E-state index in [2.05, 4.69) is 30.2 Å². The minimum Gasteiger partial charge on any atom is -0.390 e. The molecule has 24 heteroatoms. The van der Waals surface area contributed by atoms with Crippen molar-refractivity contribution in [3.8, 4) is 0 Å². The lowest BCUT2D eigenvalue weighted by atomic mass is 10.2. The fourth-order valence-electron chi connectivity index (χ4n) is 4.98. The Kier molecular flexibility index (Phi) is 8.34. The first-order valence-electron chi connectivity index (χ1n) is 12.9. The first-order chi connectivity index (χ1) is 20.9. The van der Waals surface area contributed by atoms with Gasteiger partial charge in [0.25, 0.3) is 6.35 Å². The van der Waals surface area contributed by atoms with Crippen LogP contribution in [0.3, 0.4) is 0 Å². The molecule has 238 valence electrons. The van der Waals surface area contributed by atoms with E-state index in [4.69, 9.17) is 45.4 Å². The van der Waals surface area contributed by atoms with Crippen LogP contribution in [-0.4, -0.2) is 98.7 Å². The van der Waals surface area contributed by atoms with Crippen molar-refractivity contribution < 1.29 is 52.4 Å². The molecule has 2 saturated heterocycles. The number of fused-ring (bicyclic) bond motifs is 2. The standard InChI is InChI=1S/C20H27N11O11P2/c21-14-10-16(25-3-24-14)30(4-26-10)9-1-7(32)8(40-9)2-39-44(36,37)42-13-12(33)19(38-6-43(34)35)41-18(13)31-5-27-11-15(22)28-20(23)29-17(11)31/h3-5,7-9,12-13,15,18-19,32-33H,1-2,6,22H2,(H6-,21,23,24,25,28,29,34,35,36,37)/p+1/t7-,8-,9-,12-,13+,15?,18-,19+/m1/s1. The number of aliphatic imine (C=N–C) groups is 1. The van der Waals surface area contributed by atoms with Gasteiger partial charge in [-0.3, -0.25) is 18.2 Å². The Balaban J connectivity index is 1.16. The summed E-state index contributed by atoms with van der Waals surface area (Å²) >= 11 is 0. The van der Waals surface area contributed by atoms with E-state index in [9.17, 15) is 24.2 Å². The number of rotatable bonds is 10. The summed E-state index contributed by atoms with van der Waals surface area (Å²) in [6.07, 6.45) is -7.04. The summed E-state index contributed by atoms with van der Waals surface area (Å²) in [6, 6.07) is 0. The molecule has 3 unspecified atom stereocenters. The normalized spacial score (nSPS) is 31.8. The molecule has 0 amide bonds. The van der Waals surface area contributed by atoms with Crippen LogP contribution in [0.5, 0.6) is 0 Å². The number of nitrogens with zero attached hydrogens (tertiary/aromatic N) is 7. The van der Waals surface area contributed by atoms with Crippen LogP contribution in [0, 0.1) is 0 Å². The summed E-state index contributed by atoms with van der Waals surface area (Å²) in [5.74, 6) is 0.286. The second kappa shape index (κ2) is 11.9. The summed E-state index contributed by atoms with van der Waals surface area (Å²) in [5, 5.41) is 24.3. The molecule has 6 heterocycles. The predicted octanol–water partition coefficient (Wildman–Crippen LogP) is -1.92. The summed E-state index contributed by atoms with van der Waals surface area (Å²) in [4.78, 5) is 40.1. The molecule has 0 saturated carbocycles. The number of aromatic nitrogens is 6. The Morgan fingerprint density at radius 3 is 2.70 bits per heavy atom. The number of guanidine groups is 1. The summed E-state index contributed by atoms with van der Waals surface area (Å²) in [5.41, 5.74) is 18.5. The van der Waals surface area contributed by atoms with Gasteiger partial charge in [0.05, 0.1) is 25.4 Å². The topological polar surface area (TPSA) is 325 Å². The van der Waals surface area contributed by atoms with E-state index in [-0.39, 0.29) is 29.7 Å². The molecule has 3 aromatic heterocycles. The van der Waals surface area contributed by atoms with Crippen LogP contribution in [-0.2, 0) is 32.4 Å². The average Bonchev–Trinajstić information content (AvgIpc) is 3.72. The minimum atomic E-state index is -5.02. The molecule has 6 rings (SSSR count). The van der Waals surface area contributed by atoms with Crippen molar-refractivity contribution in [1.82, 2.24) is 29.1 Å². The van der Waals surface area contributed by atoms with Crippen molar-refractivity contribution >= 4 is 44.6 Å². The largest absolute Gasteiger partial charge is 0.534 e. The van der Waals surface area contributed by atoms with Gasteiger partial charge >= 0.3 is 15.9 Å². The van der Waals surface area contributed by atoms with Crippen LogP contribution in [0.1, 0.15) is 30.7 Å². The summed E-state index contributed by atoms with van der Waals surface area (Å²) in [6.45, 7) is -0.599. The van der Waals surface area contributed by atoms with E-state index in [1.807, 2.05) is 0 Å². The highest BCUT2D eigenvalue weighted by Crippen LogP contribution is 2.50. The van der Waals surface area contributed by atoms with Gasteiger partial charge in [0.15, 0.2) is 29.9 Å². The Hall–Kier alpha value is -3.24. The molecular formula is C20H28N11O11P2+. The van der Waals surface area contributed by atoms with Crippen LogP contribution in [0.4, 0.5) is 11.6 Å². The van der Waals surface area contributed by atoms with Crippen molar-refractivity contribution in [1.29, 1.82) is 0 Å². The number of hydrogen-bond donors (Lipinski definition) is 8. The summed E-state index contributed by atoms with van der Waals surface area (Å²) in [7, 11) is -7.79. The first kappa shape index (κ1) is 30.8. The molecule has 0 bridgehead atoms. The number of anilines is 2. The Bertz CT molecular complexity index is 1640. The Morgan fingerprint density at radius 1 is 1.16 bits per heavy atom. The molecule has 0 spiro atoms. The van der Waals surface area contributed by atoms with E-state index in [1.165, 1.54) is 28.1 Å². The predicted molar refractivity (Wildman–Crippen MR) is 145 cm³/mol. The molecular weight excluding hydrogens is 632 g/mol. The van der Waals surface area contributed by atoms with Crippen LogP contribution in [0.15, 0.2) is 24.0 Å². The lowest BCUT2D eigenvalue weighted by molar-refractivity contribution is -0.166. The number of phosphoric acid groups is 1. The lowest BCUT2D eigenvalue weighted by Crippen LogP contribution is -2.36. The van der Waals surface area contributed by atoms with E-state index in [0.29, 0.717) is 11.2 Å². The van der Waals surface area contributed by atoms with Gasteiger partial charge in [-0.15, -0.1) is 0 Å². The quantitative estimate of drug-likeness (QED) is 0.110. The van der Waals surface area contributed by atoms with Crippen LogP contribution in [0.25, 0.3) is 11.2 Å². The zero-order chi connectivity index (χ0) is 31.3. The van der Waals surface area contributed by atoms with Gasteiger partial charge in [-0.1, -0.05) is 0 Å². The SMILES string of the molecule is NC1=NC(N)c2ncn([C@@H]3O[C@H](OC[P+](=O)O)[C@H](O)[C@@H]3OP(=O)(O)OC[C@H]3O[C@@H](n4cnc5c(N)ncnc54)C[C@H]3O)c2N1. The third-order valence-corrected chi connectivity index (χ3v) is 8.33. The molecule has 44 heavy (non-hydrogen) atoms. The van der Waals surface area contributed by atoms with E-state index in [1.54, 1.807) is 0 Å². The average molecular weight is 660 g/mol. The molecule has 3 aliphatic heterocycles. The fourth-order valence-corrected chi connectivity index (χ4v) is 6.19. The number of aliphatic hydroxyl groups excluding tert-OH is 2. The van der Waals surface area contributed by atoms with Crippen molar-refractivity contribution in [2.24, 2.45) is 16.5 Å². The van der Waals surface area contributed by atoms with Crippen molar-refractivity contribution in [3.63, 3.8) is 0 Å². The van der Waals surface area contributed by atoms with Gasteiger partial charge in [0.2, 0.25) is 0 Å². The van der Waals surface area contributed by atoms with Crippen LogP contribution in [0.2, 0.25) is 0 Å². The van der Waals surface area contributed by atoms with Crippen LogP contribution < -0.4 is 22.5 Å². The van der Waals surface area contributed by atoms with Crippen molar-refractivity contribution in [3.05, 3.63) is 24.7 Å². The third kappa shape index (κ3) is 5.90. The number of imidazole rings is 2. The van der Waals surface area contributed by atoms with Crippen LogP contribution >= 0.6 is 15.9 Å². The van der Waals surface area contributed by atoms with Crippen molar-refractivity contribution in [2.75, 3.05) is 24.0 Å². The number of ether oxygens (including phenoxy) is 3. The highest BCUT2D eigenvalue weighted by Gasteiger charge is 2.51. The number of hydrogen-bond acceptors (Lipinski definition) is 18. The van der Waals surface area contributed by atoms with Gasteiger partial charge in [0.1, 0.15) is 54.1 Å². The minimum absolute atomic E-state index is 0.0583. The molecule has 11 N–H and O–H groups in total. The van der Waals surface area contributed by atoms with E-state index < -0.39 is 78.1 Å². The van der Waals surface area contributed by atoms with Gasteiger partial charge in [-0.25, -0.2) is 29.5 Å². The molecule has 0 radical (unpaired) electrons. The summed E-state index contributed by atoms with van der Waals surface area (Å²) < 4.78 is 54.3. The molecule has 0 aliphatic carbocycles. The van der Waals surface area contributed by atoms with Gasteiger partial charge < -0.3 is 51.8 Å². The molecule has 3 aliphatic rings. The molecule has 0 aromatic carbocycles.